The van der Waals surface area contributed by atoms with Gasteiger partial charge in [0.15, 0.2) is 11.6 Å². The van der Waals surface area contributed by atoms with E-state index in [1.807, 2.05) is 12.1 Å². The minimum absolute atomic E-state index is 0.0280. The van der Waals surface area contributed by atoms with Crippen LogP contribution in [0.15, 0.2) is 36.4 Å². The van der Waals surface area contributed by atoms with Crippen LogP contribution in [0.1, 0.15) is 21.5 Å². The predicted molar refractivity (Wildman–Crippen MR) is 87.6 cm³/mol. The lowest BCUT2D eigenvalue weighted by Gasteiger charge is -2.15. The largest absolute Gasteiger partial charge is 0.494 e. The molecule has 4 heteroatoms. The molecule has 0 aliphatic rings. The maximum absolute atomic E-state index is 13.8. The van der Waals surface area contributed by atoms with Gasteiger partial charge in [0, 0.05) is 3.57 Å². The molecule has 2 aromatic rings. The van der Waals surface area contributed by atoms with Gasteiger partial charge < -0.3 is 4.74 Å². The van der Waals surface area contributed by atoms with Gasteiger partial charge in [0.1, 0.15) is 0 Å². The summed E-state index contributed by atoms with van der Waals surface area (Å²) in [4.78, 5) is -0.0280. The van der Waals surface area contributed by atoms with Crippen LogP contribution in [0.4, 0.5) is 4.39 Å². The average molecular weight is 435 g/mol. The molecule has 1 unspecified atom stereocenters. The van der Waals surface area contributed by atoms with Crippen molar-refractivity contribution in [2.45, 2.75) is 11.8 Å². The third-order valence-electron chi connectivity index (χ3n) is 2.96. The molecular weight excluding hydrogens is 422 g/mol. The average Bonchev–Trinajstić information content (AvgIpc) is 2.41. The van der Waals surface area contributed by atoms with E-state index >= 15 is 0 Å². The Balaban J connectivity index is 2.41. The van der Waals surface area contributed by atoms with Crippen molar-refractivity contribution in [1.82, 2.24) is 0 Å². The van der Waals surface area contributed by atoms with Crippen LogP contribution < -0.4 is 4.74 Å². The summed E-state index contributed by atoms with van der Waals surface area (Å²) >= 11 is 5.97. The van der Waals surface area contributed by atoms with Gasteiger partial charge in [-0.25, -0.2) is 4.39 Å². The van der Waals surface area contributed by atoms with Gasteiger partial charge in [-0.1, -0.05) is 40.2 Å². The molecule has 0 aliphatic heterocycles. The Kier molecular flexibility index (Phi) is 4.84. The van der Waals surface area contributed by atoms with Crippen molar-refractivity contribution >= 4 is 38.5 Å². The van der Waals surface area contributed by atoms with Crippen LogP contribution in [0.3, 0.4) is 0 Å². The number of aryl methyl sites for hydroxylation is 1. The lowest BCUT2D eigenvalue weighted by molar-refractivity contribution is 0.386. The van der Waals surface area contributed by atoms with Crippen LogP contribution in [-0.4, -0.2) is 7.11 Å². The number of ether oxygens (including phenoxy) is 1. The summed E-state index contributed by atoms with van der Waals surface area (Å²) in [6.07, 6.45) is 0. The fraction of sp³-hybridized carbons (Fsp3) is 0.200. The van der Waals surface area contributed by atoms with E-state index in [1.54, 1.807) is 6.07 Å². The highest BCUT2D eigenvalue weighted by Crippen LogP contribution is 2.36. The van der Waals surface area contributed by atoms with Crippen LogP contribution in [0.25, 0.3) is 0 Å². The second-order valence-corrected chi connectivity index (χ2v) is 6.23. The van der Waals surface area contributed by atoms with E-state index in [0.29, 0.717) is 0 Å². The van der Waals surface area contributed by atoms with E-state index in [9.17, 15) is 4.39 Å². The fourth-order valence-corrected chi connectivity index (χ4v) is 3.65. The molecule has 0 aromatic heterocycles. The zero-order valence-corrected chi connectivity index (χ0v) is 14.3. The normalized spacial score (nSPS) is 12.3. The molecule has 0 bridgehead atoms. The molecule has 0 radical (unpaired) electrons. The Bertz CT molecular complexity index is 601. The Morgan fingerprint density at radius 3 is 2.63 bits per heavy atom. The molecule has 19 heavy (non-hydrogen) atoms. The third kappa shape index (κ3) is 3.11. The lowest BCUT2D eigenvalue weighted by Crippen LogP contribution is -1.99. The zero-order chi connectivity index (χ0) is 14.0. The van der Waals surface area contributed by atoms with Gasteiger partial charge in [0.2, 0.25) is 0 Å². The smallest absolute Gasteiger partial charge is 0.165 e. The van der Waals surface area contributed by atoms with E-state index in [1.165, 1.54) is 22.3 Å². The first-order chi connectivity index (χ1) is 9.04. The standard InChI is InChI=1S/C15H13BrFIO/c1-9-4-3-5-11(15(9)18)14(16)10-6-7-13(19-2)12(17)8-10/h3-8,14H,1-2H3. The van der Waals surface area contributed by atoms with Crippen LogP contribution in [0.2, 0.25) is 0 Å². The molecule has 0 aliphatic carbocycles. The summed E-state index contributed by atoms with van der Waals surface area (Å²) in [5, 5.41) is 0. The van der Waals surface area contributed by atoms with Crippen molar-refractivity contribution in [3.05, 3.63) is 62.5 Å². The second kappa shape index (κ2) is 6.22. The van der Waals surface area contributed by atoms with E-state index in [-0.39, 0.29) is 16.4 Å². The Morgan fingerprint density at radius 1 is 1.26 bits per heavy atom. The molecule has 2 rings (SSSR count). The van der Waals surface area contributed by atoms with Crippen LogP contribution >= 0.6 is 38.5 Å². The van der Waals surface area contributed by atoms with Gasteiger partial charge in [-0.15, -0.1) is 0 Å². The second-order valence-electron chi connectivity index (χ2n) is 4.23. The van der Waals surface area contributed by atoms with Crippen molar-refractivity contribution in [2.75, 3.05) is 7.11 Å². The number of hydrogen-bond donors (Lipinski definition) is 0. The van der Waals surface area contributed by atoms with Gasteiger partial charge in [0.25, 0.3) is 0 Å². The maximum atomic E-state index is 13.8. The maximum Gasteiger partial charge on any atom is 0.165 e. The molecule has 100 valence electrons. The number of methoxy groups -OCH3 is 1. The summed E-state index contributed by atoms with van der Waals surface area (Å²) in [7, 11) is 1.47. The minimum Gasteiger partial charge on any atom is -0.494 e. The van der Waals surface area contributed by atoms with Gasteiger partial charge in [0.05, 0.1) is 11.9 Å². The van der Waals surface area contributed by atoms with Crippen LogP contribution in [0.5, 0.6) is 5.75 Å². The quantitative estimate of drug-likeness (QED) is 0.474. The van der Waals surface area contributed by atoms with Crippen LogP contribution in [0, 0.1) is 16.3 Å². The van der Waals surface area contributed by atoms with Crippen molar-refractivity contribution in [3.8, 4) is 5.75 Å². The monoisotopic (exact) mass is 434 g/mol. The van der Waals surface area contributed by atoms with Crippen molar-refractivity contribution in [1.29, 1.82) is 0 Å². The SMILES string of the molecule is COc1ccc(C(Br)c2cccc(C)c2I)cc1F. The van der Waals surface area contributed by atoms with Crippen LogP contribution in [-0.2, 0) is 0 Å². The molecular formula is C15H13BrFIO. The van der Waals surface area contributed by atoms with Gasteiger partial charge in [-0.2, -0.15) is 0 Å². The summed E-state index contributed by atoms with van der Waals surface area (Å²) in [6, 6.07) is 11.2. The number of rotatable bonds is 3. The molecule has 0 saturated carbocycles. The topological polar surface area (TPSA) is 9.23 Å². The first-order valence-corrected chi connectivity index (χ1v) is 7.76. The molecule has 0 amide bonds. The Labute approximate surface area is 134 Å². The first-order valence-electron chi connectivity index (χ1n) is 5.77. The van der Waals surface area contributed by atoms with Crippen molar-refractivity contribution < 1.29 is 9.13 Å². The Morgan fingerprint density at radius 2 is 2.00 bits per heavy atom. The van der Waals surface area contributed by atoms with E-state index in [2.05, 4.69) is 57.6 Å². The van der Waals surface area contributed by atoms with E-state index in [0.717, 1.165) is 11.1 Å². The number of benzene rings is 2. The highest BCUT2D eigenvalue weighted by molar-refractivity contribution is 14.1. The molecule has 1 nitrogen and oxygen atoms in total. The number of halogens is 3. The lowest BCUT2D eigenvalue weighted by atomic mass is 10.0. The molecule has 0 fully saturated rings. The van der Waals surface area contributed by atoms with Crippen molar-refractivity contribution in [2.24, 2.45) is 0 Å². The number of alkyl halides is 1. The summed E-state index contributed by atoms with van der Waals surface area (Å²) < 4.78 is 19.9. The van der Waals surface area contributed by atoms with Crippen molar-refractivity contribution in [3.63, 3.8) is 0 Å². The van der Waals surface area contributed by atoms with E-state index in [4.69, 9.17) is 4.74 Å². The van der Waals surface area contributed by atoms with Gasteiger partial charge >= 0.3 is 0 Å². The molecule has 0 N–H and O–H groups in total. The highest BCUT2D eigenvalue weighted by Gasteiger charge is 2.16. The van der Waals surface area contributed by atoms with Gasteiger partial charge in [-0.3, -0.25) is 0 Å². The minimum atomic E-state index is -0.341. The third-order valence-corrected chi connectivity index (χ3v) is 5.46. The predicted octanol–water partition coefficient (Wildman–Crippen LogP) is 5.23. The molecule has 0 heterocycles. The molecule has 0 spiro atoms. The fourth-order valence-electron chi connectivity index (χ4n) is 1.89. The summed E-state index contributed by atoms with van der Waals surface area (Å²) in [5.41, 5.74) is 3.24. The molecule has 1 atom stereocenters. The summed E-state index contributed by atoms with van der Waals surface area (Å²) in [6.45, 7) is 2.07. The first kappa shape index (κ1) is 14.8. The van der Waals surface area contributed by atoms with E-state index < -0.39 is 0 Å². The molecule has 0 saturated heterocycles. The Hall–Kier alpha value is -0.620. The number of hydrogen-bond acceptors (Lipinski definition) is 1. The molecule has 2 aromatic carbocycles. The highest BCUT2D eigenvalue weighted by atomic mass is 127. The zero-order valence-electron chi connectivity index (χ0n) is 10.6. The summed E-state index contributed by atoms with van der Waals surface area (Å²) in [5.74, 6) is -0.0745. The van der Waals surface area contributed by atoms with Gasteiger partial charge in [-0.05, 0) is 58.3 Å².